The number of hydrogen-bond donors (Lipinski definition) is 2. The molecule has 1 aliphatic rings. The Hall–Kier alpha value is -1.09. The Morgan fingerprint density at radius 3 is 2.80 bits per heavy atom. The van der Waals surface area contributed by atoms with E-state index in [-0.39, 0.29) is 17.6 Å². The van der Waals surface area contributed by atoms with Gasteiger partial charge in [0.25, 0.3) is 0 Å². The van der Waals surface area contributed by atoms with E-state index < -0.39 is 0 Å². The molecule has 1 unspecified atom stereocenters. The summed E-state index contributed by atoms with van der Waals surface area (Å²) in [6.07, 6.45) is 3.63. The molecule has 0 heterocycles. The average molecular weight is 209 g/mol. The summed E-state index contributed by atoms with van der Waals surface area (Å²) in [5.74, 6) is -0.138. The molecule has 1 aliphatic carbocycles. The number of nitrogens with one attached hydrogen (secondary N) is 1. The van der Waals surface area contributed by atoms with E-state index in [2.05, 4.69) is 5.32 Å². The van der Waals surface area contributed by atoms with Crippen molar-refractivity contribution in [3.8, 4) is 5.75 Å². The summed E-state index contributed by atoms with van der Waals surface area (Å²) in [6, 6.07) is 4.61. The van der Waals surface area contributed by atoms with Crippen LogP contribution < -0.4 is 5.32 Å². The minimum Gasteiger partial charge on any atom is -0.508 e. The van der Waals surface area contributed by atoms with Gasteiger partial charge >= 0.3 is 0 Å². The second kappa shape index (κ2) is 4.19. The van der Waals surface area contributed by atoms with E-state index in [0.717, 1.165) is 0 Å². The number of aromatic hydroxyl groups is 1. The zero-order valence-electron chi connectivity index (χ0n) is 8.83. The summed E-state index contributed by atoms with van der Waals surface area (Å²) < 4.78 is 13.0. The van der Waals surface area contributed by atoms with Crippen molar-refractivity contribution in [1.82, 2.24) is 5.32 Å². The minimum absolute atomic E-state index is 0.00556. The third-order valence-electron chi connectivity index (χ3n) is 3.05. The van der Waals surface area contributed by atoms with Crippen LogP contribution in [0.5, 0.6) is 5.75 Å². The highest BCUT2D eigenvalue weighted by atomic mass is 19.1. The first kappa shape index (κ1) is 10.4. The zero-order valence-corrected chi connectivity index (χ0v) is 8.83. The predicted octanol–water partition coefficient (Wildman–Crippen LogP) is 2.73. The summed E-state index contributed by atoms with van der Waals surface area (Å²) in [5, 5.41) is 13.0. The van der Waals surface area contributed by atoms with E-state index in [0.29, 0.717) is 11.6 Å². The highest BCUT2D eigenvalue weighted by molar-refractivity contribution is 5.34. The topological polar surface area (TPSA) is 32.3 Å². The van der Waals surface area contributed by atoms with Crippen LogP contribution in [0.25, 0.3) is 0 Å². The third kappa shape index (κ3) is 2.29. The Bertz CT molecular complexity index is 349. The van der Waals surface area contributed by atoms with Crippen molar-refractivity contribution in [1.29, 1.82) is 0 Å². The highest BCUT2D eigenvalue weighted by Gasteiger charge is 2.21. The SMILES string of the molecule is CC(NC1CCC1)c1cc(F)ccc1O. The third-order valence-corrected chi connectivity index (χ3v) is 3.05. The van der Waals surface area contributed by atoms with E-state index >= 15 is 0 Å². The Morgan fingerprint density at radius 2 is 2.20 bits per heavy atom. The first-order chi connectivity index (χ1) is 7.16. The molecule has 1 saturated carbocycles. The molecule has 3 heteroatoms. The molecule has 1 fully saturated rings. The summed E-state index contributed by atoms with van der Waals surface area (Å²) in [6.45, 7) is 1.95. The van der Waals surface area contributed by atoms with Crippen LogP contribution in [0, 0.1) is 5.82 Å². The molecular weight excluding hydrogens is 193 g/mol. The average Bonchev–Trinajstić information content (AvgIpc) is 2.15. The summed E-state index contributed by atoms with van der Waals surface area (Å²) in [5.41, 5.74) is 0.641. The number of rotatable bonds is 3. The molecule has 1 aromatic carbocycles. The summed E-state index contributed by atoms with van der Waals surface area (Å²) >= 11 is 0. The van der Waals surface area contributed by atoms with E-state index in [1.807, 2.05) is 6.92 Å². The summed E-state index contributed by atoms with van der Waals surface area (Å²) in [4.78, 5) is 0. The first-order valence-corrected chi connectivity index (χ1v) is 5.41. The fourth-order valence-electron chi connectivity index (χ4n) is 1.89. The van der Waals surface area contributed by atoms with Gasteiger partial charge in [-0.25, -0.2) is 4.39 Å². The monoisotopic (exact) mass is 209 g/mol. The van der Waals surface area contributed by atoms with Gasteiger partial charge in [0.05, 0.1) is 0 Å². The van der Waals surface area contributed by atoms with Crippen molar-refractivity contribution in [3.05, 3.63) is 29.6 Å². The lowest BCUT2D eigenvalue weighted by atomic mass is 9.91. The van der Waals surface area contributed by atoms with Gasteiger partial charge in [-0.15, -0.1) is 0 Å². The van der Waals surface area contributed by atoms with Gasteiger partial charge in [0, 0.05) is 17.6 Å². The molecule has 2 nitrogen and oxygen atoms in total. The molecule has 0 aliphatic heterocycles. The molecule has 0 aromatic heterocycles. The van der Waals surface area contributed by atoms with Crippen molar-refractivity contribution in [3.63, 3.8) is 0 Å². The van der Waals surface area contributed by atoms with Crippen LogP contribution in [-0.2, 0) is 0 Å². The molecule has 0 spiro atoms. The molecular formula is C12H16FNO. The number of halogens is 1. The van der Waals surface area contributed by atoms with Crippen LogP contribution in [0.2, 0.25) is 0 Å². The Morgan fingerprint density at radius 1 is 1.47 bits per heavy atom. The lowest BCUT2D eigenvalue weighted by Gasteiger charge is -2.30. The van der Waals surface area contributed by atoms with E-state index in [1.165, 1.54) is 37.5 Å². The molecule has 0 saturated heterocycles. The fourth-order valence-corrected chi connectivity index (χ4v) is 1.89. The second-order valence-electron chi connectivity index (χ2n) is 4.22. The van der Waals surface area contributed by atoms with Crippen LogP contribution in [0.1, 0.15) is 37.8 Å². The van der Waals surface area contributed by atoms with Gasteiger partial charge in [0.15, 0.2) is 0 Å². The maximum Gasteiger partial charge on any atom is 0.123 e. The smallest absolute Gasteiger partial charge is 0.123 e. The van der Waals surface area contributed by atoms with Gasteiger partial charge < -0.3 is 10.4 Å². The van der Waals surface area contributed by atoms with E-state index in [9.17, 15) is 9.50 Å². The minimum atomic E-state index is -0.301. The molecule has 2 rings (SSSR count). The molecule has 0 radical (unpaired) electrons. The normalized spacial score (nSPS) is 18.5. The number of phenolic OH excluding ortho intramolecular Hbond substituents is 1. The van der Waals surface area contributed by atoms with E-state index in [1.54, 1.807) is 0 Å². The van der Waals surface area contributed by atoms with Crippen LogP contribution >= 0.6 is 0 Å². The second-order valence-corrected chi connectivity index (χ2v) is 4.22. The number of phenols is 1. The molecule has 15 heavy (non-hydrogen) atoms. The zero-order chi connectivity index (χ0) is 10.8. The van der Waals surface area contributed by atoms with Crippen molar-refractivity contribution in [2.45, 2.75) is 38.3 Å². The van der Waals surface area contributed by atoms with Gasteiger partial charge in [-0.3, -0.25) is 0 Å². The Kier molecular flexibility index (Phi) is 2.91. The molecule has 0 amide bonds. The quantitative estimate of drug-likeness (QED) is 0.802. The number of hydrogen-bond acceptors (Lipinski definition) is 2. The molecule has 82 valence electrons. The highest BCUT2D eigenvalue weighted by Crippen LogP contribution is 2.28. The largest absolute Gasteiger partial charge is 0.508 e. The maximum atomic E-state index is 13.0. The van der Waals surface area contributed by atoms with Crippen molar-refractivity contribution >= 4 is 0 Å². The van der Waals surface area contributed by atoms with Crippen LogP contribution in [-0.4, -0.2) is 11.1 Å². The molecule has 0 bridgehead atoms. The van der Waals surface area contributed by atoms with Crippen molar-refractivity contribution in [2.24, 2.45) is 0 Å². The van der Waals surface area contributed by atoms with Gasteiger partial charge in [0.1, 0.15) is 11.6 Å². The Balaban J connectivity index is 2.09. The van der Waals surface area contributed by atoms with Crippen molar-refractivity contribution in [2.75, 3.05) is 0 Å². The maximum absolute atomic E-state index is 13.0. The van der Waals surface area contributed by atoms with Crippen LogP contribution in [0.3, 0.4) is 0 Å². The Labute approximate surface area is 89.1 Å². The lowest BCUT2D eigenvalue weighted by molar-refractivity contribution is 0.309. The van der Waals surface area contributed by atoms with Crippen LogP contribution in [0.4, 0.5) is 4.39 Å². The molecule has 2 N–H and O–H groups in total. The summed E-state index contributed by atoms with van der Waals surface area (Å²) in [7, 11) is 0. The van der Waals surface area contributed by atoms with Gasteiger partial charge in [0.2, 0.25) is 0 Å². The first-order valence-electron chi connectivity index (χ1n) is 5.41. The van der Waals surface area contributed by atoms with Gasteiger partial charge in [-0.2, -0.15) is 0 Å². The predicted molar refractivity (Wildman–Crippen MR) is 57.3 cm³/mol. The van der Waals surface area contributed by atoms with Gasteiger partial charge in [-0.1, -0.05) is 6.42 Å². The fraction of sp³-hybridized carbons (Fsp3) is 0.500. The standard InChI is InChI=1S/C12H16FNO/c1-8(14-10-3-2-4-10)11-7-9(13)5-6-12(11)15/h5-8,10,14-15H,2-4H2,1H3. The lowest BCUT2D eigenvalue weighted by Crippen LogP contribution is -2.36. The van der Waals surface area contributed by atoms with Gasteiger partial charge in [-0.05, 0) is 38.0 Å². The number of benzene rings is 1. The van der Waals surface area contributed by atoms with Crippen LogP contribution in [0.15, 0.2) is 18.2 Å². The van der Waals surface area contributed by atoms with Crippen molar-refractivity contribution < 1.29 is 9.50 Å². The molecule has 1 atom stereocenters. The molecule has 1 aromatic rings. The van der Waals surface area contributed by atoms with E-state index in [4.69, 9.17) is 0 Å².